The molecule has 3 rings (SSSR count). The molecule has 0 spiro atoms. The number of benzene rings is 2. The lowest BCUT2D eigenvalue weighted by Crippen LogP contribution is -2.09. The fourth-order valence-corrected chi connectivity index (χ4v) is 2.24. The van der Waals surface area contributed by atoms with Crippen LogP contribution in [0.3, 0.4) is 0 Å². The van der Waals surface area contributed by atoms with Crippen LogP contribution < -0.4 is 5.73 Å². The van der Waals surface area contributed by atoms with Gasteiger partial charge < -0.3 is 5.73 Å². The van der Waals surface area contributed by atoms with Gasteiger partial charge in [-0.2, -0.15) is 5.10 Å². The SMILES string of the molecule is NC(=S)c1cn(-c2ccccc2)nc1-c1ccc(F)cc1. The van der Waals surface area contributed by atoms with E-state index in [0.717, 1.165) is 11.3 Å². The lowest BCUT2D eigenvalue weighted by atomic mass is 10.1. The first-order chi connectivity index (χ1) is 10.1. The monoisotopic (exact) mass is 297 g/mol. The molecule has 0 fully saturated rings. The Bertz CT molecular complexity index is 779. The molecule has 0 radical (unpaired) electrons. The van der Waals surface area contributed by atoms with Gasteiger partial charge in [0.15, 0.2) is 0 Å². The molecule has 0 saturated heterocycles. The van der Waals surface area contributed by atoms with E-state index >= 15 is 0 Å². The first-order valence-electron chi connectivity index (χ1n) is 6.36. The Morgan fingerprint density at radius 2 is 1.71 bits per heavy atom. The highest BCUT2D eigenvalue weighted by Crippen LogP contribution is 2.24. The molecular weight excluding hydrogens is 285 g/mol. The predicted molar refractivity (Wildman–Crippen MR) is 84.8 cm³/mol. The molecule has 0 unspecified atom stereocenters. The molecule has 21 heavy (non-hydrogen) atoms. The highest BCUT2D eigenvalue weighted by molar-refractivity contribution is 7.80. The van der Waals surface area contributed by atoms with Crippen LogP contribution in [0.25, 0.3) is 16.9 Å². The third kappa shape index (κ3) is 2.68. The standard InChI is InChI=1S/C16H12FN3S/c17-12-8-6-11(7-9-12)15-14(16(18)21)10-20(19-15)13-4-2-1-3-5-13/h1-10H,(H2,18,21). The maximum Gasteiger partial charge on any atom is 0.123 e. The summed E-state index contributed by atoms with van der Waals surface area (Å²) in [6, 6.07) is 15.8. The summed E-state index contributed by atoms with van der Waals surface area (Å²) in [7, 11) is 0. The minimum atomic E-state index is -0.293. The minimum absolute atomic E-state index is 0.261. The van der Waals surface area contributed by atoms with Crippen molar-refractivity contribution in [3.63, 3.8) is 0 Å². The molecule has 0 aliphatic rings. The fourth-order valence-electron chi connectivity index (χ4n) is 2.09. The summed E-state index contributed by atoms with van der Waals surface area (Å²) >= 11 is 5.09. The molecule has 0 amide bonds. The van der Waals surface area contributed by atoms with Gasteiger partial charge in [-0.15, -0.1) is 0 Å². The smallest absolute Gasteiger partial charge is 0.123 e. The van der Waals surface area contributed by atoms with E-state index in [4.69, 9.17) is 18.0 Å². The molecule has 0 atom stereocenters. The van der Waals surface area contributed by atoms with Crippen molar-refractivity contribution in [3.05, 3.63) is 72.2 Å². The summed E-state index contributed by atoms with van der Waals surface area (Å²) in [4.78, 5) is 0.261. The first kappa shape index (κ1) is 13.5. The zero-order chi connectivity index (χ0) is 14.8. The third-order valence-corrected chi connectivity index (χ3v) is 3.34. The molecule has 0 bridgehead atoms. The van der Waals surface area contributed by atoms with E-state index in [2.05, 4.69) is 5.10 Å². The number of hydrogen-bond donors (Lipinski definition) is 1. The largest absolute Gasteiger partial charge is 0.389 e. The maximum atomic E-state index is 13.1. The summed E-state index contributed by atoms with van der Waals surface area (Å²) in [5.74, 6) is -0.293. The van der Waals surface area contributed by atoms with Gasteiger partial charge in [-0.05, 0) is 36.4 Å². The number of nitrogens with zero attached hydrogens (tertiary/aromatic N) is 2. The van der Waals surface area contributed by atoms with Crippen molar-refractivity contribution in [2.45, 2.75) is 0 Å². The molecule has 0 saturated carbocycles. The van der Waals surface area contributed by atoms with E-state index in [-0.39, 0.29) is 10.8 Å². The number of nitrogens with two attached hydrogens (primary N) is 1. The first-order valence-corrected chi connectivity index (χ1v) is 6.77. The normalized spacial score (nSPS) is 10.5. The lowest BCUT2D eigenvalue weighted by molar-refractivity contribution is 0.628. The zero-order valence-electron chi connectivity index (χ0n) is 11.0. The van der Waals surface area contributed by atoms with Crippen molar-refractivity contribution in [3.8, 4) is 16.9 Å². The van der Waals surface area contributed by atoms with Gasteiger partial charge in [-0.1, -0.05) is 30.4 Å². The van der Waals surface area contributed by atoms with Crippen LogP contribution >= 0.6 is 12.2 Å². The third-order valence-electron chi connectivity index (χ3n) is 3.12. The van der Waals surface area contributed by atoms with Crippen molar-refractivity contribution in [2.24, 2.45) is 5.73 Å². The van der Waals surface area contributed by atoms with Crippen molar-refractivity contribution in [1.82, 2.24) is 9.78 Å². The molecule has 2 aromatic carbocycles. The van der Waals surface area contributed by atoms with E-state index in [9.17, 15) is 4.39 Å². The van der Waals surface area contributed by atoms with Gasteiger partial charge in [-0.3, -0.25) is 0 Å². The van der Waals surface area contributed by atoms with Gasteiger partial charge in [0.2, 0.25) is 0 Å². The van der Waals surface area contributed by atoms with Gasteiger partial charge >= 0.3 is 0 Å². The van der Waals surface area contributed by atoms with Crippen molar-refractivity contribution < 1.29 is 4.39 Å². The van der Waals surface area contributed by atoms with Crippen LogP contribution in [-0.2, 0) is 0 Å². The zero-order valence-corrected chi connectivity index (χ0v) is 11.8. The van der Waals surface area contributed by atoms with E-state index < -0.39 is 0 Å². The number of aromatic nitrogens is 2. The predicted octanol–water partition coefficient (Wildman–Crippen LogP) is 3.31. The second-order valence-electron chi connectivity index (χ2n) is 4.54. The lowest BCUT2D eigenvalue weighted by Gasteiger charge is -2.01. The highest BCUT2D eigenvalue weighted by Gasteiger charge is 2.14. The van der Waals surface area contributed by atoms with Gasteiger partial charge in [0.1, 0.15) is 16.5 Å². The Morgan fingerprint density at radius 1 is 1.05 bits per heavy atom. The average Bonchev–Trinajstić information content (AvgIpc) is 2.94. The molecule has 1 heterocycles. The van der Waals surface area contributed by atoms with Gasteiger partial charge in [-0.25, -0.2) is 9.07 Å². The van der Waals surface area contributed by atoms with Crippen LogP contribution in [0.15, 0.2) is 60.8 Å². The summed E-state index contributed by atoms with van der Waals surface area (Å²) in [5.41, 5.74) is 8.77. The Morgan fingerprint density at radius 3 is 2.33 bits per heavy atom. The average molecular weight is 297 g/mol. The molecule has 5 heteroatoms. The molecule has 1 aromatic heterocycles. The number of para-hydroxylation sites is 1. The molecule has 0 aliphatic heterocycles. The number of halogens is 1. The molecule has 0 aliphatic carbocycles. The van der Waals surface area contributed by atoms with Crippen molar-refractivity contribution >= 4 is 17.2 Å². The van der Waals surface area contributed by atoms with Crippen LogP contribution in [0.1, 0.15) is 5.56 Å². The van der Waals surface area contributed by atoms with E-state index in [0.29, 0.717) is 11.3 Å². The van der Waals surface area contributed by atoms with Gasteiger partial charge in [0, 0.05) is 11.8 Å². The molecular formula is C16H12FN3S. The summed E-state index contributed by atoms with van der Waals surface area (Å²) in [5, 5.41) is 4.53. The Labute approximate surface area is 126 Å². The van der Waals surface area contributed by atoms with E-state index in [1.165, 1.54) is 12.1 Å². The van der Waals surface area contributed by atoms with Crippen molar-refractivity contribution in [2.75, 3.05) is 0 Å². The Kier molecular flexibility index (Phi) is 3.50. The Balaban J connectivity index is 2.14. The summed E-state index contributed by atoms with van der Waals surface area (Å²) in [6.07, 6.45) is 1.79. The van der Waals surface area contributed by atoms with Gasteiger partial charge in [0.25, 0.3) is 0 Å². The number of rotatable bonds is 3. The topological polar surface area (TPSA) is 43.8 Å². The molecule has 104 valence electrons. The quantitative estimate of drug-likeness (QED) is 0.754. The van der Waals surface area contributed by atoms with Crippen LogP contribution in [0, 0.1) is 5.82 Å². The molecule has 3 aromatic rings. The molecule has 2 N–H and O–H groups in total. The summed E-state index contributed by atoms with van der Waals surface area (Å²) in [6.45, 7) is 0. The Hall–Kier alpha value is -2.53. The second-order valence-corrected chi connectivity index (χ2v) is 4.98. The van der Waals surface area contributed by atoms with Crippen molar-refractivity contribution in [1.29, 1.82) is 0 Å². The van der Waals surface area contributed by atoms with Gasteiger partial charge in [0.05, 0.1) is 11.3 Å². The summed E-state index contributed by atoms with van der Waals surface area (Å²) < 4.78 is 14.8. The van der Waals surface area contributed by atoms with Crippen LogP contribution in [-0.4, -0.2) is 14.8 Å². The second kappa shape index (κ2) is 5.46. The molecule has 3 nitrogen and oxygen atoms in total. The fraction of sp³-hybridized carbons (Fsp3) is 0. The van der Waals surface area contributed by atoms with Crippen LogP contribution in [0.2, 0.25) is 0 Å². The maximum absolute atomic E-state index is 13.1. The van der Waals surface area contributed by atoms with Crippen LogP contribution in [0.4, 0.5) is 4.39 Å². The minimum Gasteiger partial charge on any atom is -0.389 e. The van der Waals surface area contributed by atoms with Crippen LogP contribution in [0.5, 0.6) is 0 Å². The van der Waals surface area contributed by atoms with E-state index in [1.54, 1.807) is 23.0 Å². The number of thiocarbonyl (C=S) groups is 1. The number of hydrogen-bond acceptors (Lipinski definition) is 2. The van der Waals surface area contributed by atoms with E-state index in [1.807, 2.05) is 30.3 Å². The highest BCUT2D eigenvalue weighted by atomic mass is 32.1.